The summed E-state index contributed by atoms with van der Waals surface area (Å²) in [6.07, 6.45) is -0.196. The molecule has 0 heterocycles. The second kappa shape index (κ2) is 5.45. The Labute approximate surface area is 95.4 Å². The van der Waals surface area contributed by atoms with Gasteiger partial charge in [0.15, 0.2) is 5.78 Å². The standard InChI is InChI=1S/C13H16O3/c1-9(2)16-13(15)10(3)12(14)11-7-5-4-6-8-11/h4-10H,1-3H3. The zero-order valence-electron chi connectivity index (χ0n) is 9.77. The maximum Gasteiger partial charge on any atom is 0.316 e. The van der Waals surface area contributed by atoms with E-state index in [2.05, 4.69) is 0 Å². The van der Waals surface area contributed by atoms with Crippen molar-refractivity contribution in [2.75, 3.05) is 0 Å². The number of esters is 1. The van der Waals surface area contributed by atoms with E-state index in [0.717, 1.165) is 0 Å². The number of Topliss-reactive ketones (excluding diaryl/α,β-unsaturated/α-hetero) is 1. The molecule has 16 heavy (non-hydrogen) atoms. The number of benzene rings is 1. The molecule has 0 aliphatic heterocycles. The Kier molecular flexibility index (Phi) is 4.23. The van der Waals surface area contributed by atoms with Gasteiger partial charge in [-0.05, 0) is 20.8 Å². The SMILES string of the molecule is CC(C)OC(=O)C(C)C(=O)c1ccccc1. The van der Waals surface area contributed by atoms with Crippen LogP contribution in [0.5, 0.6) is 0 Å². The van der Waals surface area contributed by atoms with Gasteiger partial charge in [0.25, 0.3) is 0 Å². The highest BCUT2D eigenvalue weighted by atomic mass is 16.5. The van der Waals surface area contributed by atoms with E-state index in [1.54, 1.807) is 45.0 Å². The van der Waals surface area contributed by atoms with E-state index in [1.165, 1.54) is 0 Å². The van der Waals surface area contributed by atoms with Crippen LogP contribution in [0.4, 0.5) is 0 Å². The molecule has 1 rings (SSSR count). The molecule has 0 bridgehead atoms. The van der Waals surface area contributed by atoms with Crippen LogP contribution in [0.1, 0.15) is 31.1 Å². The molecule has 86 valence electrons. The van der Waals surface area contributed by atoms with Crippen molar-refractivity contribution in [1.29, 1.82) is 0 Å². The molecule has 0 aliphatic rings. The minimum atomic E-state index is -0.746. The molecule has 1 unspecified atom stereocenters. The van der Waals surface area contributed by atoms with Crippen LogP contribution in [-0.4, -0.2) is 17.9 Å². The van der Waals surface area contributed by atoms with Crippen molar-refractivity contribution in [3.63, 3.8) is 0 Å². The third kappa shape index (κ3) is 3.19. The maximum atomic E-state index is 11.9. The summed E-state index contributed by atoms with van der Waals surface area (Å²) in [5.74, 6) is -1.42. The molecule has 3 nitrogen and oxygen atoms in total. The van der Waals surface area contributed by atoms with Crippen LogP contribution in [-0.2, 0) is 9.53 Å². The summed E-state index contributed by atoms with van der Waals surface area (Å²) in [6, 6.07) is 8.76. The lowest BCUT2D eigenvalue weighted by Gasteiger charge is -2.12. The number of carbonyl (C=O) groups excluding carboxylic acids is 2. The third-order valence-electron chi connectivity index (χ3n) is 2.16. The Hall–Kier alpha value is -1.64. The van der Waals surface area contributed by atoms with Gasteiger partial charge in [0.2, 0.25) is 0 Å². The average Bonchev–Trinajstić information content (AvgIpc) is 2.27. The minimum Gasteiger partial charge on any atom is -0.462 e. The molecule has 0 aliphatic carbocycles. The van der Waals surface area contributed by atoms with Gasteiger partial charge in [-0.25, -0.2) is 0 Å². The molecule has 1 atom stereocenters. The van der Waals surface area contributed by atoms with E-state index in [1.807, 2.05) is 6.07 Å². The minimum absolute atomic E-state index is 0.196. The Morgan fingerprint density at radius 2 is 1.62 bits per heavy atom. The van der Waals surface area contributed by atoms with Crippen LogP contribution >= 0.6 is 0 Å². The Morgan fingerprint density at radius 1 is 1.06 bits per heavy atom. The molecule has 0 N–H and O–H groups in total. The summed E-state index contributed by atoms with van der Waals surface area (Å²) < 4.78 is 4.99. The van der Waals surface area contributed by atoms with Crippen LogP contribution in [0.3, 0.4) is 0 Å². The third-order valence-corrected chi connectivity index (χ3v) is 2.16. The predicted molar refractivity (Wildman–Crippen MR) is 61.2 cm³/mol. The molecule has 1 aromatic rings. The molecule has 0 amide bonds. The highest BCUT2D eigenvalue weighted by Crippen LogP contribution is 2.11. The number of hydrogen-bond donors (Lipinski definition) is 0. The van der Waals surface area contributed by atoms with Crippen molar-refractivity contribution in [3.8, 4) is 0 Å². The Bertz CT molecular complexity index is 368. The predicted octanol–water partition coefficient (Wildman–Crippen LogP) is 2.46. The van der Waals surface area contributed by atoms with Gasteiger partial charge in [0, 0.05) is 5.56 Å². The van der Waals surface area contributed by atoms with Crippen molar-refractivity contribution in [2.24, 2.45) is 5.92 Å². The van der Waals surface area contributed by atoms with Crippen molar-refractivity contribution < 1.29 is 14.3 Å². The van der Waals surface area contributed by atoms with Crippen molar-refractivity contribution >= 4 is 11.8 Å². The zero-order chi connectivity index (χ0) is 12.1. The first kappa shape index (κ1) is 12.4. The topological polar surface area (TPSA) is 43.4 Å². The normalized spacial score (nSPS) is 12.2. The monoisotopic (exact) mass is 220 g/mol. The lowest BCUT2D eigenvalue weighted by molar-refractivity contribution is -0.149. The summed E-state index contributed by atoms with van der Waals surface area (Å²) in [4.78, 5) is 23.4. The zero-order valence-corrected chi connectivity index (χ0v) is 9.77. The molecule has 0 radical (unpaired) electrons. The molecule has 0 aromatic heterocycles. The van der Waals surface area contributed by atoms with Gasteiger partial charge in [-0.1, -0.05) is 30.3 Å². The van der Waals surface area contributed by atoms with Crippen molar-refractivity contribution in [3.05, 3.63) is 35.9 Å². The summed E-state index contributed by atoms with van der Waals surface area (Å²) in [5, 5.41) is 0. The van der Waals surface area contributed by atoms with Gasteiger partial charge in [0.1, 0.15) is 5.92 Å². The number of ether oxygens (including phenoxy) is 1. The molecule has 0 fully saturated rings. The van der Waals surface area contributed by atoms with Crippen LogP contribution in [0.2, 0.25) is 0 Å². The van der Waals surface area contributed by atoms with Gasteiger partial charge in [-0.2, -0.15) is 0 Å². The fourth-order valence-corrected chi connectivity index (χ4v) is 1.29. The number of ketones is 1. The van der Waals surface area contributed by atoms with Crippen molar-refractivity contribution in [2.45, 2.75) is 26.9 Å². The van der Waals surface area contributed by atoms with E-state index in [-0.39, 0.29) is 11.9 Å². The van der Waals surface area contributed by atoms with Gasteiger partial charge in [-0.3, -0.25) is 9.59 Å². The van der Waals surface area contributed by atoms with Crippen LogP contribution < -0.4 is 0 Å². The molecular formula is C13H16O3. The second-order valence-corrected chi connectivity index (χ2v) is 3.94. The summed E-state index contributed by atoms with van der Waals surface area (Å²) in [7, 11) is 0. The van der Waals surface area contributed by atoms with E-state index in [4.69, 9.17) is 4.74 Å². The lowest BCUT2D eigenvalue weighted by atomic mass is 10.00. The quantitative estimate of drug-likeness (QED) is 0.444. The summed E-state index contributed by atoms with van der Waals surface area (Å²) in [6.45, 7) is 5.09. The first-order valence-corrected chi connectivity index (χ1v) is 5.32. The summed E-state index contributed by atoms with van der Waals surface area (Å²) >= 11 is 0. The van der Waals surface area contributed by atoms with Crippen LogP contribution in [0, 0.1) is 5.92 Å². The van der Waals surface area contributed by atoms with Gasteiger partial charge < -0.3 is 4.74 Å². The lowest BCUT2D eigenvalue weighted by Crippen LogP contribution is -2.25. The summed E-state index contributed by atoms with van der Waals surface area (Å²) in [5.41, 5.74) is 0.538. The first-order chi connectivity index (χ1) is 7.52. The first-order valence-electron chi connectivity index (χ1n) is 5.32. The number of hydrogen-bond acceptors (Lipinski definition) is 3. The molecule has 0 saturated heterocycles. The van der Waals surface area contributed by atoms with E-state index in [9.17, 15) is 9.59 Å². The van der Waals surface area contributed by atoms with Crippen LogP contribution in [0.25, 0.3) is 0 Å². The number of rotatable bonds is 4. The molecule has 1 aromatic carbocycles. The van der Waals surface area contributed by atoms with Crippen LogP contribution in [0.15, 0.2) is 30.3 Å². The largest absolute Gasteiger partial charge is 0.462 e. The Balaban J connectivity index is 2.72. The van der Waals surface area contributed by atoms with E-state index in [0.29, 0.717) is 5.56 Å². The van der Waals surface area contributed by atoms with Gasteiger partial charge in [0.05, 0.1) is 6.10 Å². The molecule has 3 heteroatoms. The molecule has 0 saturated carbocycles. The highest BCUT2D eigenvalue weighted by molar-refractivity contribution is 6.08. The van der Waals surface area contributed by atoms with Gasteiger partial charge in [-0.15, -0.1) is 0 Å². The smallest absolute Gasteiger partial charge is 0.316 e. The van der Waals surface area contributed by atoms with Gasteiger partial charge >= 0.3 is 5.97 Å². The average molecular weight is 220 g/mol. The highest BCUT2D eigenvalue weighted by Gasteiger charge is 2.24. The molecular weight excluding hydrogens is 204 g/mol. The fourth-order valence-electron chi connectivity index (χ4n) is 1.29. The van der Waals surface area contributed by atoms with E-state index < -0.39 is 11.9 Å². The second-order valence-electron chi connectivity index (χ2n) is 3.94. The van der Waals surface area contributed by atoms with E-state index >= 15 is 0 Å². The van der Waals surface area contributed by atoms with Crippen molar-refractivity contribution in [1.82, 2.24) is 0 Å². The molecule has 0 spiro atoms. The Morgan fingerprint density at radius 3 is 2.12 bits per heavy atom. The number of carbonyl (C=O) groups is 2. The fraction of sp³-hybridized carbons (Fsp3) is 0.385. The maximum absolute atomic E-state index is 11.9.